The predicted octanol–water partition coefficient (Wildman–Crippen LogP) is 2.03. The second-order valence-electron chi connectivity index (χ2n) is 2.45. The van der Waals surface area contributed by atoms with Gasteiger partial charge in [-0.15, -0.1) is 0 Å². The number of nitrogens with zero attached hydrogens (tertiary/aromatic N) is 1. The van der Waals surface area contributed by atoms with Crippen LogP contribution in [0.5, 0.6) is 0 Å². The molecule has 0 aromatic heterocycles. The van der Waals surface area contributed by atoms with Gasteiger partial charge in [0.15, 0.2) is 0 Å². The summed E-state index contributed by atoms with van der Waals surface area (Å²) in [6.45, 7) is 9.20. The number of hydrogen-bond donors (Lipinski definition) is 0. The van der Waals surface area contributed by atoms with Crippen molar-refractivity contribution in [1.29, 1.82) is 0 Å². The summed E-state index contributed by atoms with van der Waals surface area (Å²) in [5.41, 5.74) is 0.251. The van der Waals surface area contributed by atoms with Crippen LogP contribution in [0.2, 0.25) is 0 Å². The molecule has 14 heavy (non-hydrogen) atoms. The number of hydrogen-bond acceptors (Lipinski definition) is 4. The van der Waals surface area contributed by atoms with E-state index in [9.17, 15) is 4.79 Å². The third kappa shape index (κ3) is 5.13. The molecular formula is C10H15NO3. The van der Waals surface area contributed by atoms with E-state index in [0.717, 1.165) is 0 Å². The van der Waals surface area contributed by atoms with Crippen molar-refractivity contribution < 1.29 is 14.4 Å². The van der Waals surface area contributed by atoms with Crippen molar-refractivity contribution in [2.45, 2.75) is 20.8 Å². The van der Waals surface area contributed by atoms with Gasteiger partial charge in [-0.1, -0.05) is 18.7 Å². The van der Waals surface area contributed by atoms with Crippen molar-refractivity contribution in [2.75, 3.05) is 6.61 Å². The van der Waals surface area contributed by atoms with E-state index in [-0.39, 0.29) is 5.57 Å². The van der Waals surface area contributed by atoms with E-state index in [1.165, 1.54) is 0 Å². The smallest absolute Gasteiger partial charge is 0.365 e. The van der Waals surface area contributed by atoms with Crippen molar-refractivity contribution in [3.05, 3.63) is 24.3 Å². The Morgan fingerprint density at radius 1 is 1.57 bits per heavy atom. The number of oxime groups is 1. The molecule has 4 nitrogen and oxygen atoms in total. The van der Waals surface area contributed by atoms with Gasteiger partial charge in [0.1, 0.15) is 0 Å². The molecule has 0 heterocycles. The fraction of sp³-hybridized carbons (Fsp3) is 0.400. The summed E-state index contributed by atoms with van der Waals surface area (Å²) in [5, 5.41) is 3.47. The first-order valence-corrected chi connectivity index (χ1v) is 4.32. The van der Waals surface area contributed by atoms with Crippen LogP contribution in [0.3, 0.4) is 0 Å². The van der Waals surface area contributed by atoms with E-state index in [1.807, 2.05) is 6.92 Å². The Balaban J connectivity index is 4.07. The summed E-state index contributed by atoms with van der Waals surface area (Å²) in [4.78, 5) is 15.6. The van der Waals surface area contributed by atoms with E-state index >= 15 is 0 Å². The van der Waals surface area contributed by atoms with Crippen molar-refractivity contribution >= 4 is 11.9 Å². The number of rotatable bonds is 4. The van der Waals surface area contributed by atoms with E-state index in [4.69, 9.17) is 4.74 Å². The van der Waals surface area contributed by atoms with Crippen LogP contribution < -0.4 is 0 Å². The lowest BCUT2D eigenvalue weighted by molar-refractivity contribution is -0.138. The van der Waals surface area contributed by atoms with Crippen LogP contribution >= 0.6 is 0 Å². The maximum atomic E-state index is 11.1. The first-order chi connectivity index (χ1) is 6.61. The highest BCUT2D eigenvalue weighted by Gasteiger charge is 2.04. The van der Waals surface area contributed by atoms with Gasteiger partial charge in [0.2, 0.25) is 5.90 Å². The third-order valence-electron chi connectivity index (χ3n) is 1.24. The lowest BCUT2D eigenvalue weighted by Gasteiger charge is -2.00. The Morgan fingerprint density at radius 2 is 2.21 bits per heavy atom. The number of carbonyl (C=O) groups excluding carboxylic acids is 1. The van der Waals surface area contributed by atoms with Crippen LogP contribution in [0.4, 0.5) is 0 Å². The minimum Gasteiger partial charge on any atom is -0.479 e. The van der Waals surface area contributed by atoms with Crippen LogP contribution in [0, 0.1) is 0 Å². The molecule has 0 spiro atoms. The van der Waals surface area contributed by atoms with Crippen LogP contribution in [0.25, 0.3) is 0 Å². The SMILES string of the molecule is C=C(C=CC)C(=O)ON=C(C)OCC. The molecule has 0 N–H and O–H groups in total. The largest absolute Gasteiger partial charge is 0.479 e. The van der Waals surface area contributed by atoms with Gasteiger partial charge in [-0.25, -0.2) is 4.79 Å². The summed E-state index contributed by atoms with van der Waals surface area (Å²) in [6.07, 6.45) is 3.25. The van der Waals surface area contributed by atoms with E-state index in [0.29, 0.717) is 12.5 Å². The van der Waals surface area contributed by atoms with Crippen molar-refractivity contribution in [3.8, 4) is 0 Å². The molecule has 0 aromatic carbocycles. The highest BCUT2D eigenvalue weighted by atomic mass is 16.7. The van der Waals surface area contributed by atoms with E-state index < -0.39 is 5.97 Å². The Bertz CT molecular complexity index is 267. The minimum atomic E-state index is -0.581. The Morgan fingerprint density at radius 3 is 2.71 bits per heavy atom. The maximum absolute atomic E-state index is 11.1. The van der Waals surface area contributed by atoms with Crippen LogP contribution in [0.15, 0.2) is 29.5 Å². The minimum absolute atomic E-state index is 0.251. The molecule has 78 valence electrons. The molecule has 0 fully saturated rings. The average molecular weight is 197 g/mol. The van der Waals surface area contributed by atoms with Crippen molar-refractivity contribution in [3.63, 3.8) is 0 Å². The van der Waals surface area contributed by atoms with Crippen molar-refractivity contribution in [1.82, 2.24) is 0 Å². The molecule has 0 unspecified atom stereocenters. The summed E-state index contributed by atoms with van der Waals surface area (Å²) in [7, 11) is 0. The number of allylic oxidation sites excluding steroid dienone is 1. The number of carbonyl (C=O) groups is 1. The molecule has 4 heteroatoms. The van der Waals surface area contributed by atoms with Crippen molar-refractivity contribution in [2.24, 2.45) is 5.16 Å². The molecule has 0 saturated heterocycles. The normalized spacial score (nSPS) is 11.5. The summed E-state index contributed by atoms with van der Waals surface area (Å²) < 4.78 is 4.96. The van der Waals surface area contributed by atoms with E-state index in [2.05, 4.69) is 16.6 Å². The molecule has 0 atom stereocenters. The molecule has 0 amide bonds. The topological polar surface area (TPSA) is 47.9 Å². The Kier molecular flexibility index (Phi) is 6.11. The summed E-state index contributed by atoms with van der Waals surface area (Å²) >= 11 is 0. The zero-order valence-corrected chi connectivity index (χ0v) is 8.74. The summed E-state index contributed by atoms with van der Waals surface area (Å²) in [6, 6.07) is 0. The van der Waals surface area contributed by atoms with E-state index in [1.54, 1.807) is 26.0 Å². The van der Waals surface area contributed by atoms with Gasteiger partial charge in [0.25, 0.3) is 0 Å². The maximum Gasteiger partial charge on any atom is 0.365 e. The number of ether oxygens (including phenoxy) is 1. The fourth-order valence-electron chi connectivity index (χ4n) is 0.669. The van der Waals surface area contributed by atoms with Gasteiger partial charge < -0.3 is 9.57 Å². The van der Waals surface area contributed by atoms with Gasteiger partial charge in [0.05, 0.1) is 12.2 Å². The lowest BCUT2D eigenvalue weighted by Crippen LogP contribution is -2.05. The molecule has 0 rings (SSSR count). The van der Waals surface area contributed by atoms with Crippen LogP contribution in [-0.4, -0.2) is 18.5 Å². The van der Waals surface area contributed by atoms with Gasteiger partial charge in [0, 0.05) is 6.92 Å². The Labute approximate surface area is 83.9 Å². The van der Waals surface area contributed by atoms with Gasteiger partial charge in [-0.2, -0.15) is 0 Å². The lowest BCUT2D eigenvalue weighted by atomic mass is 10.3. The quantitative estimate of drug-likeness (QED) is 0.173. The highest BCUT2D eigenvalue weighted by Crippen LogP contribution is 1.97. The monoisotopic (exact) mass is 197 g/mol. The van der Waals surface area contributed by atoms with Crippen LogP contribution in [0.1, 0.15) is 20.8 Å². The second kappa shape index (κ2) is 6.88. The first-order valence-electron chi connectivity index (χ1n) is 4.32. The molecule has 0 saturated carbocycles. The van der Waals surface area contributed by atoms with Gasteiger partial charge in [-0.3, -0.25) is 0 Å². The molecule has 0 aliphatic rings. The fourth-order valence-corrected chi connectivity index (χ4v) is 0.669. The molecule has 0 radical (unpaired) electrons. The molecule has 0 aromatic rings. The Hall–Kier alpha value is -1.58. The third-order valence-corrected chi connectivity index (χ3v) is 1.24. The average Bonchev–Trinajstić information content (AvgIpc) is 2.15. The second-order valence-corrected chi connectivity index (χ2v) is 2.45. The van der Waals surface area contributed by atoms with Crippen LogP contribution in [-0.2, 0) is 14.4 Å². The standard InChI is InChI=1S/C10H15NO3/c1-5-7-8(3)10(12)14-11-9(4)13-6-2/h5,7H,3,6H2,1-2,4H3. The highest BCUT2D eigenvalue weighted by molar-refractivity contribution is 5.91. The van der Waals surface area contributed by atoms with Gasteiger partial charge >= 0.3 is 5.97 Å². The zero-order chi connectivity index (χ0) is 11.0. The molecule has 0 bridgehead atoms. The van der Waals surface area contributed by atoms with Gasteiger partial charge in [-0.05, 0) is 19.0 Å². The summed E-state index contributed by atoms with van der Waals surface area (Å²) in [5.74, 6) is -0.267. The zero-order valence-electron chi connectivity index (χ0n) is 8.74. The predicted molar refractivity (Wildman–Crippen MR) is 54.8 cm³/mol. The molecule has 0 aliphatic heterocycles. The molecular weight excluding hydrogens is 182 g/mol. The molecule has 0 aliphatic carbocycles. The first kappa shape index (κ1) is 12.4.